The second kappa shape index (κ2) is 8.43. The highest BCUT2D eigenvalue weighted by atomic mass is 16.3. The van der Waals surface area contributed by atoms with Crippen LogP contribution in [-0.2, 0) is 9.59 Å². The Labute approximate surface area is 214 Å². The van der Waals surface area contributed by atoms with Crippen molar-refractivity contribution in [1.29, 1.82) is 0 Å². The number of aromatic hydroxyl groups is 7. The molecule has 2 atom stereocenters. The zero-order valence-corrected chi connectivity index (χ0v) is 19.3. The molecule has 10 heteroatoms. The van der Waals surface area contributed by atoms with Crippen LogP contribution in [0.3, 0.4) is 0 Å². The maximum atomic E-state index is 13.7. The van der Waals surface area contributed by atoms with Gasteiger partial charge in [0.15, 0.2) is 23.0 Å². The number of carbonyl (C=O) groups is 2. The molecule has 0 saturated heterocycles. The van der Waals surface area contributed by atoms with E-state index in [4.69, 9.17) is 0 Å². The minimum absolute atomic E-state index is 0.00584. The van der Waals surface area contributed by atoms with E-state index in [2.05, 4.69) is 0 Å². The molecule has 2 aliphatic carbocycles. The fourth-order valence-electron chi connectivity index (χ4n) is 4.95. The maximum Gasteiger partial charge on any atom is 0.204 e. The molecule has 0 radical (unpaired) electrons. The first-order valence-electron chi connectivity index (χ1n) is 11.2. The number of allylic oxidation sites excluding steroid dienone is 1. The second-order valence-corrected chi connectivity index (χ2v) is 9.04. The molecule has 5 rings (SSSR count). The van der Waals surface area contributed by atoms with Crippen molar-refractivity contribution in [2.24, 2.45) is 5.92 Å². The van der Waals surface area contributed by atoms with Crippen LogP contribution in [0.2, 0.25) is 0 Å². The molecule has 0 saturated carbocycles. The van der Waals surface area contributed by atoms with E-state index in [9.17, 15) is 50.4 Å². The Bertz CT molecular complexity index is 1580. The fourth-order valence-corrected chi connectivity index (χ4v) is 4.95. The number of phenols is 7. The van der Waals surface area contributed by atoms with Crippen LogP contribution in [0, 0.1) is 5.92 Å². The zero-order valence-electron chi connectivity index (χ0n) is 19.3. The van der Waals surface area contributed by atoms with Crippen molar-refractivity contribution in [3.8, 4) is 40.2 Å². The Morgan fingerprint density at radius 2 is 1.18 bits per heavy atom. The average molecular weight is 516 g/mol. The van der Waals surface area contributed by atoms with Gasteiger partial charge < -0.3 is 40.9 Å². The van der Waals surface area contributed by atoms with Crippen LogP contribution >= 0.6 is 0 Å². The van der Waals surface area contributed by atoms with Crippen molar-refractivity contribution in [3.05, 3.63) is 82.9 Å². The number of benzene rings is 3. The molecule has 2 unspecified atom stereocenters. The first-order valence-corrected chi connectivity index (χ1v) is 11.2. The van der Waals surface area contributed by atoms with Gasteiger partial charge in [-0.2, -0.15) is 0 Å². The third-order valence-corrected chi connectivity index (χ3v) is 6.52. The van der Waals surface area contributed by atoms with Crippen LogP contribution in [0.4, 0.5) is 0 Å². The standard InChI is InChI=1S/C28H20O10/c29-16-3-12(4-17(30)10-16)1-2-13-9-22(35)28(38)25(13)23(14-5-18(31)11-19(32)6-14)24(27(28)37)15-7-20(33)26(36)21(34)8-15/h1-11,25,29-34,36,38H. The highest BCUT2D eigenvalue weighted by Crippen LogP contribution is 2.55. The number of carbonyl (C=O) groups excluding carboxylic acids is 2. The Balaban J connectivity index is 1.76. The van der Waals surface area contributed by atoms with E-state index in [0.717, 1.165) is 30.3 Å². The predicted molar refractivity (Wildman–Crippen MR) is 133 cm³/mol. The van der Waals surface area contributed by atoms with Gasteiger partial charge in [0.1, 0.15) is 23.0 Å². The molecule has 10 nitrogen and oxygen atoms in total. The summed E-state index contributed by atoms with van der Waals surface area (Å²) in [7, 11) is 0. The van der Waals surface area contributed by atoms with Crippen molar-refractivity contribution in [2.45, 2.75) is 5.60 Å². The number of hydrogen-bond donors (Lipinski definition) is 8. The van der Waals surface area contributed by atoms with Crippen molar-refractivity contribution >= 4 is 28.8 Å². The molecule has 38 heavy (non-hydrogen) atoms. The van der Waals surface area contributed by atoms with Crippen LogP contribution in [0.5, 0.6) is 40.2 Å². The normalized spacial score (nSPS) is 20.9. The van der Waals surface area contributed by atoms with E-state index in [1.165, 1.54) is 36.4 Å². The molecule has 0 spiro atoms. The molecule has 3 aromatic carbocycles. The Morgan fingerprint density at radius 1 is 0.658 bits per heavy atom. The summed E-state index contributed by atoms with van der Waals surface area (Å²) in [6, 6.07) is 9.15. The number of ketones is 2. The van der Waals surface area contributed by atoms with Crippen LogP contribution in [0.15, 0.2) is 66.3 Å². The van der Waals surface area contributed by atoms with Crippen molar-refractivity contribution in [1.82, 2.24) is 0 Å². The maximum absolute atomic E-state index is 13.7. The minimum Gasteiger partial charge on any atom is -0.508 e. The van der Waals surface area contributed by atoms with Crippen molar-refractivity contribution in [2.75, 3.05) is 0 Å². The summed E-state index contributed by atoms with van der Waals surface area (Å²) in [5, 5.41) is 81.3. The number of Topliss-reactive ketones (excluding diaryl/α,β-unsaturated/α-hetero) is 1. The van der Waals surface area contributed by atoms with Gasteiger partial charge in [0.05, 0.1) is 5.92 Å². The van der Waals surface area contributed by atoms with Gasteiger partial charge in [-0.15, -0.1) is 0 Å². The first kappa shape index (κ1) is 24.5. The van der Waals surface area contributed by atoms with Crippen molar-refractivity contribution < 1.29 is 50.4 Å². The van der Waals surface area contributed by atoms with Gasteiger partial charge in [-0.25, -0.2) is 0 Å². The van der Waals surface area contributed by atoms with E-state index in [1.807, 2.05) is 0 Å². The smallest absolute Gasteiger partial charge is 0.204 e. The summed E-state index contributed by atoms with van der Waals surface area (Å²) >= 11 is 0. The molecule has 0 amide bonds. The number of aliphatic hydroxyl groups is 1. The summed E-state index contributed by atoms with van der Waals surface area (Å²) in [6.07, 6.45) is 3.90. The first-order chi connectivity index (χ1) is 17.9. The molecular weight excluding hydrogens is 496 g/mol. The van der Waals surface area contributed by atoms with Crippen LogP contribution < -0.4 is 0 Å². The van der Waals surface area contributed by atoms with Crippen LogP contribution in [-0.4, -0.2) is 58.0 Å². The Morgan fingerprint density at radius 3 is 1.74 bits per heavy atom. The molecule has 0 heterocycles. The molecular formula is C28H20O10. The van der Waals surface area contributed by atoms with E-state index >= 15 is 0 Å². The van der Waals surface area contributed by atoms with Crippen molar-refractivity contribution in [3.63, 3.8) is 0 Å². The summed E-state index contributed by atoms with van der Waals surface area (Å²) in [5.41, 5.74) is -2.53. The molecule has 8 N–H and O–H groups in total. The lowest BCUT2D eigenvalue weighted by atomic mass is 9.82. The van der Waals surface area contributed by atoms with E-state index < -0.39 is 40.3 Å². The summed E-state index contributed by atoms with van der Waals surface area (Å²) < 4.78 is 0. The number of fused-ring (bicyclic) bond motifs is 1. The number of phenolic OH excluding ortho intramolecular Hbond substituents is 7. The van der Waals surface area contributed by atoms with Gasteiger partial charge in [0.25, 0.3) is 0 Å². The van der Waals surface area contributed by atoms with E-state index in [1.54, 1.807) is 0 Å². The van der Waals surface area contributed by atoms with E-state index in [-0.39, 0.29) is 50.8 Å². The predicted octanol–water partition coefficient (Wildman–Crippen LogP) is 2.69. The molecule has 0 aromatic heterocycles. The quantitative estimate of drug-likeness (QED) is 0.189. The topological polar surface area (TPSA) is 196 Å². The fraction of sp³-hybridized carbons (Fsp3) is 0.0714. The average Bonchev–Trinajstić information content (AvgIpc) is 3.22. The highest BCUT2D eigenvalue weighted by Gasteiger charge is 2.62. The lowest BCUT2D eigenvalue weighted by Gasteiger charge is -2.23. The molecule has 0 aliphatic heterocycles. The Kier molecular flexibility index (Phi) is 5.43. The SMILES string of the molecule is O=C1C=C(C=Cc2cc(O)cc(O)c2)C2C(c3cc(O)cc(O)c3)=C(c3cc(O)c(O)c(O)c3)C(=O)C12O. The lowest BCUT2D eigenvalue weighted by Crippen LogP contribution is -2.45. The van der Waals surface area contributed by atoms with Gasteiger partial charge in [-0.1, -0.05) is 12.2 Å². The van der Waals surface area contributed by atoms with E-state index in [0.29, 0.717) is 5.56 Å². The molecule has 0 fully saturated rings. The number of hydrogen-bond acceptors (Lipinski definition) is 10. The highest BCUT2D eigenvalue weighted by molar-refractivity contribution is 6.43. The Hall–Kier alpha value is -5.22. The summed E-state index contributed by atoms with van der Waals surface area (Å²) in [6.45, 7) is 0. The van der Waals surface area contributed by atoms with Crippen LogP contribution in [0.1, 0.15) is 16.7 Å². The van der Waals surface area contributed by atoms with Gasteiger partial charge in [0.2, 0.25) is 11.4 Å². The third-order valence-electron chi connectivity index (χ3n) is 6.52. The largest absolute Gasteiger partial charge is 0.508 e. The molecule has 3 aromatic rings. The lowest BCUT2D eigenvalue weighted by molar-refractivity contribution is -0.143. The summed E-state index contributed by atoms with van der Waals surface area (Å²) in [5.74, 6) is -6.96. The van der Waals surface area contributed by atoms with Gasteiger partial charge >= 0.3 is 0 Å². The second-order valence-electron chi connectivity index (χ2n) is 9.04. The van der Waals surface area contributed by atoms with Crippen LogP contribution in [0.25, 0.3) is 17.2 Å². The van der Waals surface area contributed by atoms with Gasteiger partial charge in [-0.05, 0) is 70.3 Å². The molecule has 0 bridgehead atoms. The summed E-state index contributed by atoms with van der Waals surface area (Å²) in [4.78, 5) is 26.8. The van der Waals surface area contributed by atoms with Gasteiger partial charge in [-0.3, -0.25) is 9.59 Å². The monoisotopic (exact) mass is 516 g/mol. The number of rotatable bonds is 4. The minimum atomic E-state index is -2.63. The zero-order chi connectivity index (χ0) is 27.5. The van der Waals surface area contributed by atoms with Gasteiger partial charge in [0, 0.05) is 17.7 Å². The molecule has 192 valence electrons. The molecule has 2 aliphatic rings. The third kappa shape index (κ3) is 3.71.